The summed E-state index contributed by atoms with van der Waals surface area (Å²) in [6, 6.07) is 15.4. The van der Waals surface area contributed by atoms with Crippen LogP contribution in [0, 0.1) is 5.82 Å². The number of esters is 1. The van der Waals surface area contributed by atoms with Crippen molar-refractivity contribution < 1.29 is 22.3 Å². The van der Waals surface area contributed by atoms with Crippen molar-refractivity contribution in [3.8, 4) is 0 Å². The molecule has 3 aromatic carbocycles. The Labute approximate surface area is 144 Å². The zero-order chi connectivity index (χ0) is 18.0. The molecule has 3 rings (SSSR count). The van der Waals surface area contributed by atoms with Crippen LogP contribution in [0.1, 0.15) is 10.4 Å². The SMILES string of the molecule is COC(=O)c1ccc(F)c(S(=O)(=O)Nc2cccc3ccccc23)c1. The number of carbonyl (C=O) groups is 1. The normalized spacial score (nSPS) is 11.3. The maximum Gasteiger partial charge on any atom is 0.337 e. The van der Waals surface area contributed by atoms with E-state index >= 15 is 0 Å². The second-order valence-corrected chi connectivity index (χ2v) is 6.92. The van der Waals surface area contributed by atoms with Gasteiger partial charge in [-0.15, -0.1) is 0 Å². The van der Waals surface area contributed by atoms with E-state index in [1.807, 2.05) is 18.2 Å². The van der Waals surface area contributed by atoms with E-state index in [9.17, 15) is 17.6 Å². The smallest absolute Gasteiger partial charge is 0.337 e. The van der Waals surface area contributed by atoms with Gasteiger partial charge in [0.1, 0.15) is 10.7 Å². The van der Waals surface area contributed by atoms with Gasteiger partial charge in [-0.25, -0.2) is 17.6 Å². The Kier molecular flexibility index (Phi) is 4.41. The van der Waals surface area contributed by atoms with Crippen LogP contribution in [0.3, 0.4) is 0 Å². The second-order valence-electron chi connectivity index (χ2n) is 5.27. The molecule has 0 heterocycles. The summed E-state index contributed by atoms with van der Waals surface area (Å²) in [6.07, 6.45) is 0. The maximum absolute atomic E-state index is 14.1. The van der Waals surface area contributed by atoms with Crippen LogP contribution in [0.2, 0.25) is 0 Å². The van der Waals surface area contributed by atoms with E-state index in [0.717, 1.165) is 30.7 Å². The van der Waals surface area contributed by atoms with Crippen LogP contribution in [0.25, 0.3) is 10.8 Å². The lowest BCUT2D eigenvalue weighted by atomic mass is 10.1. The number of hydrogen-bond donors (Lipinski definition) is 1. The molecule has 7 heteroatoms. The number of fused-ring (bicyclic) bond motifs is 1. The first-order valence-electron chi connectivity index (χ1n) is 7.31. The largest absolute Gasteiger partial charge is 0.465 e. The highest BCUT2D eigenvalue weighted by molar-refractivity contribution is 7.92. The molecule has 25 heavy (non-hydrogen) atoms. The molecular weight excluding hydrogens is 345 g/mol. The lowest BCUT2D eigenvalue weighted by molar-refractivity contribution is 0.0600. The molecule has 0 saturated carbocycles. The molecule has 0 aliphatic heterocycles. The van der Waals surface area contributed by atoms with Gasteiger partial charge in [0.15, 0.2) is 0 Å². The van der Waals surface area contributed by atoms with E-state index in [1.165, 1.54) is 0 Å². The summed E-state index contributed by atoms with van der Waals surface area (Å²) in [5, 5.41) is 1.52. The van der Waals surface area contributed by atoms with Gasteiger partial charge in [-0.2, -0.15) is 0 Å². The lowest BCUT2D eigenvalue weighted by Gasteiger charge is -2.12. The van der Waals surface area contributed by atoms with Crippen molar-refractivity contribution in [1.82, 2.24) is 0 Å². The van der Waals surface area contributed by atoms with E-state index < -0.39 is 26.7 Å². The van der Waals surface area contributed by atoms with Crippen molar-refractivity contribution in [3.05, 3.63) is 72.0 Å². The summed E-state index contributed by atoms with van der Waals surface area (Å²) in [5.74, 6) is -1.71. The van der Waals surface area contributed by atoms with Crippen LogP contribution in [-0.2, 0) is 14.8 Å². The summed E-state index contributed by atoms with van der Waals surface area (Å²) in [6.45, 7) is 0. The third kappa shape index (κ3) is 3.32. The number of ether oxygens (including phenoxy) is 1. The van der Waals surface area contributed by atoms with Crippen molar-refractivity contribution in [1.29, 1.82) is 0 Å². The van der Waals surface area contributed by atoms with Gasteiger partial charge in [0, 0.05) is 5.39 Å². The molecule has 0 unspecified atom stereocenters. The third-order valence-corrected chi connectivity index (χ3v) is 5.06. The van der Waals surface area contributed by atoms with Crippen LogP contribution in [-0.4, -0.2) is 21.5 Å². The van der Waals surface area contributed by atoms with Gasteiger partial charge >= 0.3 is 5.97 Å². The topological polar surface area (TPSA) is 72.5 Å². The van der Waals surface area contributed by atoms with Crippen molar-refractivity contribution in [2.45, 2.75) is 4.90 Å². The van der Waals surface area contributed by atoms with E-state index in [-0.39, 0.29) is 5.56 Å². The Morgan fingerprint density at radius 1 is 1.04 bits per heavy atom. The Morgan fingerprint density at radius 3 is 2.52 bits per heavy atom. The Morgan fingerprint density at radius 2 is 1.76 bits per heavy atom. The zero-order valence-corrected chi connectivity index (χ0v) is 14.0. The fourth-order valence-corrected chi connectivity index (χ4v) is 3.65. The highest BCUT2D eigenvalue weighted by Gasteiger charge is 2.22. The van der Waals surface area contributed by atoms with Gasteiger partial charge in [0.25, 0.3) is 10.0 Å². The van der Waals surface area contributed by atoms with Gasteiger partial charge in [-0.1, -0.05) is 36.4 Å². The fourth-order valence-electron chi connectivity index (χ4n) is 2.47. The minimum atomic E-state index is -4.23. The summed E-state index contributed by atoms with van der Waals surface area (Å²) < 4.78 is 46.3. The van der Waals surface area contributed by atoms with Gasteiger partial charge in [0.2, 0.25) is 0 Å². The predicted octanol–water partition coefficient (Wildman–Crippen LogP) is 3.57. The number of nitrogens with one attached hydrogen (secondary N) is 1. The molecular formula is C18H14FNO4S. The molecule has 0 amide bonds. The second kappa shape index (κ2) is 6.52. The number of methoxy groups -OCH3 is 1. The molecule has 0 bridgehead atoms. The van der Waals surface area contributed by atoms with Crippen LogP contribution >= 0.6 is 0 Å². The third-order valence-electron chi connectivity index (χ3n) is 3.68. The number of sulfonamides is 1. The molecule has 3 aromatic rings. The number of benzene rings is 3. The van der Waals surface area contributed by atoms with Crippen LogP contribution < -0.4 is 4.72 Å². The van der Waals surface area contributed by atoms with Crippen LogP contribution in [0.15, 0.2) is 65.6 Å². The summed E-state index contributed by atoms with van der Waals surface area (Å²) in [4.78, 5) is 11.0. The molecule has 0 aromatic heterocycles. The molecule has 0 fully saturated rings. The average Bonchev–Trinajstić information content (AvgIpc) is 2.61. The summed E-state index contributed by atoms with van der Waals surface area (Å²) in [5.41, 5.74) is 0.267. The highest BCUT2D eigenvalue weighted by atomic mass is 32.2. The van der Waals surface area contributed by atoms with Crippen molar-refractivity contribution in [2.75, 3.05) is 11.8 Å². The zero-order valence-electron chi connectivity index (χ0n) is 13.2. The van der Waals surface area contributed by atoms with Crippen molar-refractivity contribution in [2.24, 2.45) is 0 Å². The number of carbonyl (C=O) groups excluding carboxylic acids is 1. The minimum Gasteiger partial charge on any atom is -0.465 e. The van der Waals surface area contributed by atoms with E-state index in [1.54, 1.807) is 24.3 Å². The Bertz CT molecular complexity index is 1060. The predicted molar refractivity (Wildman–Crippen MR) is 92.5 cm³/mol. The molecule has 0 spiro atoms. The van der Waals surface area contributed by atoms with E-state index in [2.05, 4.69) is 9.46 Å². The van der Waals surface area contributed by atoms with Gasteiger partial charge in [-0.05, 0) is 29.7 Å². The monoisotopic (exact) mass is 359 g/mol. The number of rotatable bonds is 4. The lowest BCUT2D eigenvalue weighted by Crippen LogP contribution is -2.16. The van der Waals surface area contributed by atoms with Crippen molar-refractivity contribution in [3.63, 3.8) is 0 Å². The van der Waals surface area contributed by atoms with Crippen molar-refractivity contribution >= 4 is 32.5 Å². The molecule has 128 valence electrons. The van der Waals surface area contributed by atoms with Crippen LogP contribution in [0.4, 0.5) is 10.1 Å². The summed E-state index contributed by atoms with van der Waals surface area (Å²) in [7, 11) is -3.07. The fraction of sp³-hybridized carbons (Fsp3) is 0.0556. The first kappa shape index (κ1) is 16.9. The first-order chi connectivity index (χ1) is 11.9. The first-order valence-corrected chi connectivity index (χ1v) is 8.79. The average molecular weight is 359 g/mol. The number of halogens is 1. The Hall–Kier alpha value is -2.93. The van der Waals surface area contributed by atoms with Gasteiger partial charge < -0.3 is 4.74 Å². The maximum atomic E-state index is 14.1. The quantitative estimate of drug-likeness (QED) is 0.723. The molecule has 0 radical (unpaired) electrons. The molecule has 0 aliphatic rings. The standard InChI is InChI=1S/C18H14FNO4S/c1-24-18(21)13-9-10-15(19)17(11-13)25(22,23)20-16-8-4-6-12-5-2-3-7-14(12)16/h2-11,20H,1H3. The summed E-state index contributed by atoms with van der Waals surface area (Å²) >= 11 is 0. The van der Waals surface area contributed by atoms with E-state index in [0.29, 0.717) is 11.1 Å². The molecule has 1 N–H and O–H groups in total. The Balaban J connectivity index is 2.06. The molecule has 0 aliphatic carbocycles. The minimum absolute atomic E-state index is 0.0535. The highest BCUT2D eigenvalue weighted by Crippen LogP contribution is 2.26. The van der Waals surface area contributed by atoms with Gasteiger partial charge in [0.05, 0.1) is 18.4 Å². The molecule has 0 saturated heterocycles. The van der Waals surface area contributed by atoms with Crippen LogP contribution in [0.5, 0.6) is 0 Å². The molecule has 0 atom stereocenters. The molecule has 5 nitrogen and oxygen atoms in total. The van der Waals surface area contributed by atoms with E-state index in [4.69, 9.17) is 0 Å². The van der Waals surface area contributed by atoms with Gasteiger partial charge in [-0.3, -0.25) is 4.72 Å². The number of hydrogen-bond acceptors (Lipinski definition) is 4. The number of anilines is 1.